The molecular formula is C8H6ClOZn. The number of para-hydroxylation sites is 1. The molecule has 1 aromatic carbocycles. The van der Waals surface area contributed by atoms with Crippen LogP contribution >= 0.6 is 12.4 Å². The molecule has 0 radical (unpaired) electrons. The van der Waals surface area contributed by atoms with Gasteiger partial charge in [-0.05, 0) is 0 Å². The third-order valence-corrected chi connectivity index (χ3v) is 2.21. The van der Waals surface area contributed by atoms with E-state index in [2.05, 4.69) is 12.1 Å². The van der Waals surface area contributed by atoms with Crippen LogP contribution in [-0.2, 0) is 18.3 Å². The Hall–Kier alpha value is -0.327. The fourth-order valence-corrected chi connectivity index (χ4v) is 1.82. The van der Waals surface area contributed by atoms with E-state index in [-0.39, 0.29) is 12.4 Å². The van der Waals surface area contributed by atoms with Gasteiger partial charge in [-0.3, -0.25) is 0 Å². The Balaban J connectivity index is 0.000000605. The molecule has 0 amide bonds. The molecule has 0 spiro atoms. The van der Waals surface area contributed by atoms with E-state index in [1.54, 1.807) is 0 Å². The van der Waals surface area contributed by atoms with Crippen molar-refractivity contribution in [1.82, 2.24) is 0 Å². The number of halogens is 1. The monoisotopic (exact) mass is 217 g/mol. The van der Waals surface area contributed by atoms with Crippen LogP contribution in [-0.4, -0.2) is 0 Å². The van der Waals surface area contributed by atoms with Crippen LogP contribution < -0.4 is 4.35 Å². The van der Waals surface area contributed by atoms with Crippen LogP contribution in [0.5, 0.6) is 0 Å². The van der Waals surface area contributed by atoms with Gasteiger partial charge >= 0.3 is 68.4 Å². The molecule has 53 valence electrons. The number of hydrogen-bond donors (Lipinski definition) is 0. The molecule has 1 heterocycles. The average Bonchev–Trinajstić information content (AvgIpc) is 2.27. The molecule has 0 bridgehead atoms. The van der Waals surface area contributed by atoms with E-state index in [1.807, 2.05) is 18.2 Å². The summed E-state index contributed by atoms with van der Waals surface area (Å²) in [6, 6.07) is 10.2. The van der Waals surface area contributed by atoms with Gasteiger partial charge in [-0.1, -0.05) is 0 Å². The van der Waals surface area contributed by atoms with E-state index in [1.165, 1.54) is 5.39 Å². The molecule has 0 aliphatic rings. The van der Waals surface area contributed by atoms with Gasteiger partial charge in [-0.2, -0.15) is 0 Å². The van der Waals surface area contributed by atoms with E-state index < -0.39 is 0 Å². The Bertz CT molecular complexity index is 323. The molecule has 2 rings (SSSR count). The van der Waals surface area contributed by atoms with E-state index in [0.29, 0.717) is 0 Å². The van der Waals surface area contributed by atoms with Gasteiger partial charge in [-0.15, -0.1) is 12.4 Å². The Morgan fingerprint density at radius 2 is 1.91 bits per heavy atom. The fraction of sp³-hybridized carbons (Fsp3) is 0. The van der Waals surface area contributed by atoms with Crippen molar-refractivity contribution < 1.29 is 22.7 Å². The first-order valence-electron chi connectivity index (χ1n) is 3.17. The quantitative estimate of drug-likeness (QED) is 0.617. The first kappa shape index (κ1) is 8.77. The molecule has 0 atom stereocenters. The van der Waals surface area contributed by atoms with E-state index in [4.69, 9.17) is 4.42 Å². The van der Waals surface area contributed by atoms with Crippen LogP contribution in [0.15, 0.2) is 34.7 Å². The second-order valence-corrected chi connectivity index (χ2v) is 3.71. The molecule has 0 aliphatic heterocycles. The van der Waals surface area contributed by atoms with Crippen molar-refractivity contribution in [1.29, 1.82) is 0 Å². The summed E-state index contributed by atoms with van der Waals surface area (Å²) in [4.78, 5) is 0. The van der Waals surface area contributed by atoms with Gasteiger partial charge in [0.15, 0.2) is 0 Å². The summed E-state index contributed by atoms with van der Waals surface area (Å²) >= 11 is 1.09. The second kappa shape index (κ2) is 3.38. The molecule has 2 aromatic rings. The van der Waals surface area contributed by atoms with Crippen LogP contribution in [0.2, 0.25) is 0 Å². The van der Waals surface area contributed by atoms with Crippen molar-refractivity contribution in [3.8, 4) is 0 Å². The number of rotatable bonds is 0. The SMILES string of the molecule is Cl.[Zn][c]1cc2ccccc2o1. The topological polar surface area (TPSA) is 13.1 Å². The number of benzene rings is 1. The molecule has 0 saturated carbocycles. The predicted molar refractivity (Wildman–Crippen MR) is 43.1 cm³/mol. The summed E-state index contributed by atoms with van der Waals surface area (Å²) < 4.78 is 6.52. The van der Waals surface area contributed by atoms with Gasteiger partial charge < -0.3 is 0 Å². The van der Waals surface area contributed by atoms with Crippen molar-refractivity contribution in [2.24, 2.45) is 0 Å². The zero-order valence-corrected chi connectivity index (χ0v) is 9.69. The molecule has 1 nitrogen and oxygen atoms in total. The molecule has 1 aromatic heterocycles. The van der Waals surface area contributed by atoms with Crippen molar-refractivity contribution >= 4 is 27.7 Å². The summed E-state index contributed by atoms with van der Waals surface area (Å²) in [7, 11) is 0. The Kier molecular flexibility index (Phi) is 2.69. The maximum absolute atomic E-state index is 5.42. The summed E-state index contributed by atoms with van der Waals surface area (Å²) in [5, 5.41) is 1.21. The average molecular weight is 219 g/mol. The maximum atomic E-state index is 5.42. The van der Waals surface area contributed by atoms with Gasteiger partial charge in [-0.25, -0.2) is 0 Å². The molecule has 0 N–H and O–H groups in total. The zero-order valence-electron chi connectivity index (χ0n) is 5.91. The fourth-order valence-electron chi connectivity index (χ4n) is 1.04. The number of furan rings is 1. The van der Waals surface area contributed by atoms with Gasteiger partial charge in [0.05, 0.1) is 0 Å². The molecule has 0 saturated heterocycles. The van der Waals surface area contributed by atoms with Crippen molar-refractivity contribution in [3.05, 3.63) is 30.3 Å². The van der Waals surface area contributed by atoms with Crippen molar-refractivity contribution in [2.45, 2.75) is 0 Å². The van der Waals surface area contributed by atoms with Gasteiger partial charge in [0.2, 0.25) is 0 Å². The van der Waals surface area contributed by atoms with Gasteiger partial charge in [0.1, 0.15) is 0 Å². The van der Waals surface area contributed by atoms with Crippen LogP contribution in [0, 0.1) is 0 Å². The minimum atomic E-state index is 0. The third kappa shape index (κ3) is 1.63. The molecule has 0 aliphatic carbocycles. The standard InChI is InChI=1S/C8H5O.ClH.Zn/c1-2-4-8-7(3-1)5-6-9-8;;/h1-5H;1H;. The Labute approximate surface area is 80.9 Å². The van der Waals surface area contributed by atoms with E-state index >= 15 is 0 Å². The predicted octanol–water partition coefficient (Wildman–Crippen LogP) is 2.03. The third-order valence-electron chi connectivity index (χ3n) is 1.48. The minimum absolute atomic E-state index is 0. The molecular weight excluding hydrogens is 213 g/mol. The normalized spacial score (nSPS) is 9.64. The van der Waals surface area contributed by atoms with Crippen molar-refractivity contribution in [3.63, 3.8) is 0 Å². The second-order valence-electron chi connectivity index (χ2n) is 2.25. The number of hydrogen-bond acceptors (Lipinski definition) is 1. The van der Waals surface area contributed by atoms with Gasteiger partial charge in [0, 0.05) is 0 Å². The summed E-state index contributed by atoms with van der Waals surface area (Å²) in [5.74, 6) is 0. The first-order chi connectivity index (χ1) is 4.86. The van der Waals surface area contributed by atoms with Crippen molar-refractivity contribution in [2.75, 3.05) is 0 Å². The van der Waals surface area contributed by atoms with Crippen LogP contribution in [0.4, 0.5) is 0 Å². The van der Waals surface area contributed by atoms with Crippen LogP contribution in [0.25, 0.3) is 11.0 Å². The molecule has 3 heteroatoms. The van der Waals surface area contributed by atoms with Crippen LogP contribution in [0.1, 0.15) is 0 Å². The van der Waals surface area contributed by atoms with E-state index in [9.17, 15) is 0 Å². The molecule has 0 fully saturated rings. The Morgan fingerprint density at radius 1 is 1.18 bits per heavy atom. The first-order valence-corrected chi connectivity index (χ1v) is 4.65. The van der Waals surface area contributed by atoms with E-state index in [0.717, 1.165) is 28.2 Å². The summed E-state index contributed by atoms with van der Waals surface area (Å²) in [6.07, 6.45) is 0. The van der Waals surface area contributed by atoms with Crippen LogP contribution in [0.3, 0.4) is 0 Å². The molecule has 0 unspecified atom stereocenters. The van der Waals surface area contributed by atoms with Gasteiger partial charge in [0.25, 0.3) is 0 Å². The molecule has 11 heavy (non-hydrogen) atoms. The number of fused-ring (bicyclic) bond motifs is 1. The summed E-state index contributed by atoms with van der Waals surface area (Å²) in [5.41, 5.74) is 1.00. The Morgan fingerprint density at radius 3 is 2.64 bits per heavy atom. The summed E-state index contributed by atoms with van der Waals surface area (Å²) in [6.45, 7) is 0. The zero-order chi connectivity index (χ0) is 6.97.